The minimum Gasteiger partial charge on any atom is -0.489 e. The minimum atomic E-state index is 0.232. The average molecular weight is 520 g/mol. The maximum atomic E-state index is 11.0. The highest BCUT2D eigenvalue weighted by molar-refractivity contribution is 5.82. The number of amides is 1. The predicted molar refractivity (Wildman–Crippen MR) is 149 cm³/mol. The molecule has 2 heterocycles. The van der Waals surface area contributed by atoms with Crippen molar-refractivity contribution in [2.75, 3.05) is 31.1 Å². The van der Waals surface area contributed by atoms with Gasteiger partial charge in [-0.25, -0.2) is 4.98 Å². The molecule has 0 spiro atoms. The Labute approximate surface area is 227 Å². The standard InChI is InChI=1S/C31H29N5O3/c1-2-21-15-27(16-24(18-32)31(21)39-26-8-9-26)38-25-6-3-22(4-7-25)23-5-10-28-29(17-23)33-19-30(34-28)36-13-11-35(20-37)12-14-36/h3-7,10,15-17,19-20,26H,2,8-9,11-14H2,1H3. The summed E-state index contributed by atoms with van der Waals surface area (Å²) in [6.45, 7) is 4.95. The summed E-state index contributed by atoms with van der Waals surface area (Å²) < 4.78 is 12.1. The van der Waals surface area contributed by atoms with Gasteiger partial charge in [0, 0.05) is 32.2 Å². The number of rotatable bonds is 8. The van der Waals surface area contributed by atoms with Crippen molar-refractivity contribution in [3.05, 3.63) is 71.9 Å². The van der Waals surface area contributed by atoms with Crippen LogP contribution in [0, 0.1) is 11.3 Å². The van der Waals surface area contributed by atoms with Crippen LogP contribution in [0.3, 0.4) is 0 Å². The second-order valence-electron chi connectivity index (χ2n) is 9.93. The molecule has 1 saturated heterocycles. The van der Waals surface area contributed by atoms with Crippen LogP contribution in [0.2, 0.25) is 0 Å². The van der Waals surface area contributed by atoms with Crippen molar-refractivity contribution in [1.29, 1.82) is 5.26 Å². The van der Waals surface area contributed by atoms with Crippen molar-refractivity contribution in [1.82, 2.24) is 14.9 Å². The van der Waals surface area contributed by atoms with Gasteiger partial charge in [0.2, 0.25) is 6.41 Å². The number of anilines is 1. The molecule has 1 saturated carbocycles. The third kappa shape index (κ3) is 5.34. The molecule has 2 fully saturated rings. The second-order valence-corrected chi connectivity index (χ2v) is 9.93. The molecule has 1 aliphatic carbocycles. The highest BCUT2D eigenvalue weighted by atomic mass is 16.5. The highest BCUT2D eigenvalue weighted by Gasteiger charge is 2.26. The third-order valence-corrected chi connectivity index (χ3v) is 7.19. The summed E-state index contributed by atoms with van der Waals surface area (Å²) in [6, 6.07) is 20.0. The molecule has 0 N–H and O–H groups in total. The van der Waals surface area contributed by atoms with Gasteiger partial charge in [0.15, 0.2) is 0 Å². The van der Waals surface area contributed by atoms with Crippen molar-refractivity contribution >= 4 is 23.3 Å². The van der Waals surface area contributed by atoms with E-state index in [4.69, 9.17) is 14.5 Å². The van der Waals surface area contributed by atoms with E-state index in [-0.39, 0.29) is 6.10 Å². The first-order valence-corrected chi connectivity index (χ1v) is 13.4. The maximum absolute atomic E-state index is 11.0. The van der Waals surface area contributed by atoms with E-state index in [2.05, 4.69) is 22.9 Å². The van der Waals surface area contributed by atoms with Crippen LogP contribution in [0.4, 0.5) is 5.82 Å². The monoisotopic (exact) mass is 519 g/mol. The summed E-state index contributed by atoms with van der Waals surface area (Å²) in [5.41, 5.74) is 5.24. The zero-order valence-electron chi connectivity index (χ0n) is 21.8. The second kappa shape index (κ2) is 10.6. The molecule has 0 bridgehead atoms. The van der Waals surface area contributed by atoms with Crippen molar-refractivity contribution in [2.45, 2.75) is 32.3 Å². The fraction of sp³-hybridized carbons (Fsp3) is 0.290. The van der Waals surface area contributed by atoms with Crippen molar-refractivity contribution in [2.24, 2.45) is 0 Å². The van der Waals surface area contributed by atoms with Crippen molar-refractivity contribution < 1.29 is 14.3 Å². The quantitative estimate of drug-likeness (QED) is 0.290. The first kappa shape index (κ1) is 24.7. The molecule has 2 aliphatic rings. The van der Waals surface area contributed by atoms with E-state index >= 15 is 0 Å². The Kier molecular flexibility index (Phi) is 6.72. The van der Waals surface area contributed by atoms with Gasteiger partial charge in [0.05, 0.1) is 28.9 Å². The highest BCUT2D eigenvalue weighted by Crippen LogP contribution is 2.36. The van der Waals surface area contributed by atoms with Gasteiger partial charge in [-0.15, -0.1) is 0 Å². The molecule has 1 amide bonds. The number of fused-ring (bicyclic) bond motifs is 1. The van der Waals surface area contributed by atoms with Gasteiger partial charge in [-0.05, 0) is 66.3 Å². The summed E-state index contributed by atoms with van der Waals surface area (Å²) in [4.78, 5) is 24.4. The number of nitrogens with zero attached hydrogens (tertiary/aromatic N) is 5. The molecular weight excluding hydrogens is 490 g/mol. The van der Waals surface area contributed by atoms with Gasteiger partial charge in [0.25, 0.3) is 0 Å². The molecule has 1 aliphatic heterocycles. The van der Waals surface area contributed by atoms with Crippen LogP contribution >= 0.6 is 0 Å². The Morgan fingerprint density at radius 3 is 2.44 bits per heavy atom. The number of ether oxygens (including phenoxy) is 2. The van der Waals surface area contributed by atoms with Crippen LogP contribution in [0.25, 0.3) is 22.2 Å². The topological polar surface area (TPSA) is 91.6 Å². The van der Waals surface area contributed by atoms with E-state index in [1.54, 1.807) is 17.2 Å². The SMILES string of the molecule is CCc1cc(Oc2ccc(-c3ccc4nc(N5CCN(C=O)CC5)cnc4c3)cc2)cc(C#N)c1OC1CC1. The Hall–Kier alpha value is -4.64. The lowest BCUT2D eigenvalue weighted by Crippen LogP contribution is -2.46. The third-order valence-electron chi connectivity index (χ3n) is 7.19. The maximum Gasteiger partial charge on any atom is 0.209 e. The van der Waals surface area contributed by atoms with Crippen LogP contribution in [0.5, 0.6) is 17.2 Å². The van der Waals surface area contributed by atoms with Gasteiger partial charge >= 0.3 is 0 Å². The van der Waals surface area contributed by atoms with Gasteiger partial charge < -0.3 is 19.3 Å². The number of hydrogen-bond acceptors (Lipinski definition) is 7. The Balaban J connectivity index is 1.18. The van der Waals surface area contributed by atoms with Crippen LogP contribution in [0.1, 0.15) is 30.9 Å². The van der Waals surface area contributed by atoms with E-state index in [1.807, 2.05) is 48.5 Å². The number of carbonyl (C=O) groups is 1. The van der Waals surface area contributed by atoms with Gasteiger partial charge in [-0.3, -0.25) is 9.78 Å². The smallest absolute Gasteiger partial charge is 0.209 e. The zero-order chi connectivity index (χ0) is 26.8. The normalized spacial score (nSPS) is 15.2. The lowest BCUT2D eigenvalue weighted by Gasteiger charge is -2.33. The van der Waals surface area contributed by atoms with Crippen molar-refractivity contribution in [3.8, 4) is 34.4 Å². The van der Waals surface area contributed by atoms with Gasteiger partial charge in [-0.2, -0.15) is 5.26 Å². The number of nitriles is 1. The molecule has 1 aromatic heterocycles. The molecule has 4 aromatic rings. The summed E-state index contributed by atoms with van der Waals surface area (Å²) in [5, 5.41) is 9.69. The summed E-state index contributed by atoms with van der Waals surface area (Å²) in [6.07, 6.45) is 5.79. The molecule has 8 nitrogen and oxygen atoms in total. The lowest BCUT2D eigenvalue weighted by molar-refractivity contribution is -0.118. The number of benzene rings is 3. The number of hydrogen-bond donors (Lipinski definition) is 0. The molecule has 8 heteroatoms. The molecule has 3 aromatic carbocycles. The summed E-state index contributed by atoms with van der Waals surface area (Å²) in [7, 11) is 0. The zero-order valence-corrected chi connectivity index (χ0v) is 21.8. The van der Waals surface area contributed by atoms with Crippen LogP contribution in [-0.4, -0.2) is 53.6 Å². The van der Waals surface area contributed by atoms with E-state index < -0.39 is 0 Å². The number of aryl methyl sites for hydroxylation is 1. The first-order valence-electron chi connectivity index (χ1n) is 13.4. The number of aromatic nitrogens is 2. The van der Waals surface area contributed by atoms with Crippen molar-refractivity contribution in [3.63, 3.8) is 0 Å². The largest absolute Gasteiger partial charge is 0.489 e. The van der Waals surface area contributed by atoms with Gasteiger partial charge in [-0.1, -0.05) is 25.1 Å². The minimum absolute atomic E-state index is 0.232. The molecule has 6 rings (SSSR count). The molecular formula is C31H29N5O3. The molecule has 39 heavy (non-hydrogen) atoms. The predicted octanol–water partition coefficient (Wildman–Crippen LogP) is 5.34. The fourth-order valence-electron chi connectivity index (χ4n) is 4.80. The Morgan fingerprint density at radius 1 is 0.974 bits per heavy atom. The first-order chi connectivity index (χ1) is 19.1. The lowest BCUT2D eigenvalue weighted by atomic mass is 10.0. The van der Waals surface area contributed by atoms with E-state index in [0.29, 0.717) is 35.9 Å². The number of carbonyl (C=O) groups excluding carboxylic acids is 1. The molecule has 196 valence electrons. The van der Waals surface area contributed by atoms with Gasteiger partial charge in [0.1, 0.15) is 29.1 Å². The summed E-state index contributed by atoms with van der Waals surface area (Å²) >= 11 is 0. The Morgan fingerprint density at radius 2 is 1.74 bits per heavy atom. The molecule has 0 radical (unpaired) electrons. The molecule has 0 unspecified atom stereocenters. The van der Waals surface area contributed by atoms with Crippen LogP contribution < -0.4 is 14.4 Å². The van der Waals surface area contributed by atoms with E-state index in [9.17, 15) is 10.1 Å². The Bertz CT molecular complexity index is 1550. The average Bonchev–Trinajstić information content (AvgIpc) is 3.82. The summed E-state index contributed by atoms with van der Waals surface area (Å²) in [5.74, 6) is 2.85. The van der Waals surface area contributed by atoms with E-state index in [0.717, 1.165) is 72.3 Å². The van der Waals surface area contributed by atoms with E-state index in [1.165, 1.54) is 0 Å². The van der Waals surface area contributed by atoms with Crippen LogP contribution in [-0.2, 0) is 11.2 Å². The fourth-order valence-corrected chi connectivity index (χ4v) is 4.80. The molecule has 0 atom stereocenters. The number of piperazine rings is 1. The van der Waals surface area contributed by atoms with Crippen LogP contribution in [0.15, 0.2) is 60.8 Å².